The van der Waals surface area contributed by atoms with Crippen molar-refractivity contribution in [2.45, 2.75) is 64.2 Å². The highest BCUT2D eigenvalue weighted by atomic mass is 32.1. The van der Waals surface area contributed by atoms with Crippen LogP contribution in [0.5, 0.6) is 0 Å². The van der Waals surface area contributed by atoms with Gasteiger partial charge in [0.2, 0.25) is 5.91 Å². The Labute approximate surface area is 229 Å². The summed E-state index contributed by atoms with van der Waals surface area (Å²) in [4.78, 5) is 30.6. The summed E-state index contributed by atoms with van der Waals surface area (Å²) in [5.74, 6) is -0.214. The Balaban J connectivity index is 1.22. The van der Waals surface area contributed by atoms with Crippen molar-refractivity contribution < 1.29 is 28.9 Å². The Kier molecular flexibility index (Phi) is 11.1. The first-order valence-corrected chi connectivity index (χ1v) is 14.6. The highest BCUT2D eigenvalue weighted by Crippen LogP contribution is 2.29. The van der Waals surface area contributed by atoms with Crippen molar-refractivity contribution in [3.8, 4) is 0 Å². The number of benzene rings is 1. The summed E-state index contributed by atoms with van der Waals surface area (Å²) in [6, 6.07) is 11.3. The molecular weight excluding hydrogens is 504 g/mol. The third kappa shape index (κ3) is 8.10. The number of carbonyl (C=O) groups is 2. The molecule has 0 aliphatic carbocycles. The lowest BCUT2D eigenvalue weighted by Gasteiger charge is -2.26. The largest absolute Gasteiger partial charge is 0.460 e. The molecule has 2 aromatic rings. The summed E-state index contributed by atoms with van der Waals surface area (Å²) in [6.45, 7) is 7.23. The monoisotopic (exact) mass is 544 g/mol. The number of aliphatic hydroxyl groups excluding tert-OH is 1. The molecule has 9 heteroatoms. The number of nitrogens with zero attached hydrogens (tertiary/aromatic N) is 2. The maximum absolute atomic E-state index is 12.6. The van der Waals surface area contributed by atoms with E-state index in [9.17, 15) is 14.7 Å². The fraction of sp³-hybridized carbons (Fsp3) is 0.586. The molecule has 4 rings (SSSR count). The first-order valence-electron chi connectivity index (χ1n) is 13.8. The summed E-state index contributed by atoms with van der Waals surface area (Å²) < 4.78 is 16.8. The number of rotatable bonds is 14. The summed E-state index contributed by atoms with van der Waals surface area (Å²) in [7, 11) is 0. The molecule has 2 aliphatic rings. The Morgan fingerprint density at radius 1 is 1.16 bits per heavy atom. The molecule has 1 aromatic heterocycles. The van der Waals surface area contributed by atoms with Crippen LogP contribution in [0, 0.1) is 0 Å². The topological polar surface area (TPSA) is 88.5 Å². The maximum atomic E-state index is 12.6. The number of anilines is 1. The standard InChI is InChI=1S/C29H40N2O6S/c1-2-3-4-5-26(32)22-6-8-23(9-7-22)31-24(10-13-28(31)33)20-36-21-25-11-12-27(38-25)29(34)37-19-16-30-14-17-35-18-15-30/h6-9,11-12,24,26,32H,2-5,10,13-21H2,1H3/t24-,26+/m1/s1. The van der Waals surface area contributed by atoms with Gasteiger partial charge in [0.1, 0.15) is 11.5 Å². The minimum atomic E-state index is -0.471. The number of ether oxygens (including phenoxy) is 3. The smallest absolute Gasteiger partial charge is 0.348 e. The molecule has 8 nitrogen and oxygen atoms in total. The number of carbonyl (C=O) groups excluding carboxylic acids is 2. The number of morpholine rings is 1. The van der Waals surface area contributed by atoms with Crippen molar-refractivity contribution in [2.24, 2.45) is 0 Å². The van der Waals surface area contributed by atoms with E-state index in [0.717, 1.165) is 81.1 Å². The zero-order chi connectivity index (χ0) is 26.7. The highest BCUT2D eigenvalue weighted by molar-refractivity contribution is 7.13. The average molecular weight is 545 g/mol. The van der Waals surface area contributed by atoms with Crippen LogP contribution in [-0.2, 0) is 25.6 Å². The lowest BCUT2D eigenvalue weighted by atomic mass is 10.0. The Morgan fingerprint density at radius 2 is 1.95 bits per heavy atom. The second-order valence-corrected chi connectivity index (χ2v) is 11.1. The first-order chi connectivity index (χ1) is 18.5. The van der Waals surface area contributed by atoms with Crippen molar-refractivity contribution in [3.63, 3.8) is 0 Å². The minimum Gasteiger partial charge on any atom is -0.460 e. The van der Waals surface area contributed by atoms with Crippen molar-refractivity contribution in [2.75, 3.05) is 51.0 Å². The van der Waals surface area contributed by atoms with Crippen LogP contribution in [0.2, 0.25) is 0 Å². The van der Waals surface area contributed by atoms with Gasteiger partial charge in [0.25, 0.3) is 0 Å². The van der Waals surface area contributed by atoms with Gasteiger partial charge in [-0.1, -0.05) is 38.3 Å². The molecule has 1 amide bonds. The highest BCUT2D eigenvalue weighted by Gasteiger charge is 2.32. The molecule has 2 saturated heterocycles. The lowest BCUT2D eigenvalue weighted by Crippen LogP contribution is -2.38. The summed E-state index contributed by atoms with van der Waals surface area (Å²) in [6.07, 6.45) is 4.77. The van der Waals surface area contributed by atoms with Crippen LogP contribution in [0.3, 0.4) is 0 Å². The first kappa shape index (κ1) is 28.7. The SMILES string of the molecule is CCCCC[C@H](O)c1ccc(N2C(=O)CC[C@@H]2COCc2ccc(C(=O)OCCN3CCOCC3)s2)cc1. The van der Waals surface area contributed by atoms with Crippen molar-refractivity contribution in [1.82, 2.24) is 4.90 Å². The van der Waals surface area contributed by atoms with Gasteiger partial charge in [-0.15, -0.1) is 11.3 Å². The number of hydrogen-bond donors (Lipinski definition) is 1. The van der Waals surface area contributed by atoms with E-state index in [1.807, 2.05) is 35.2 Å². The molecule has 0 bridgehead atoms. The molecule has 2 fully saturated rings. The zero-order valence-electron chi connectivity index (χ0n) is 22.3. The second-order valence-electron chi connectivity index (χ2n) is 9.93. The van der Waals surface area contributed by atoms with Gasteiger partial charge in [-0.3, -0.25) is 9.69 Å². The maximum Gasteiger partial charge on any atom is 0.348 e. The summed E-state index contributed by atoms with van der Waals surface area (Å²) in [5.41, 5.74) is 1.72. The van der Waals surface area contributed by atoms with Crippen molar-refractivity contribution >= 4 is 28.9 Å². The van der Waals surface area contributed by atoms with Crippen LogP contribution in [-0.4, -0.2) is 74.0 Å². The van der Waals surface area contributed by atoms with Gasteiger partial charge in [0.15, 0.2) is 0 Å². The predicted molar refractivity (Wildman–Crippen MR) is 148 cm³/mol. The number of unbranched alkanes of at least 4 members (excludes halogenated alkanes) is 2. The molecule has 0 saturated carbocycles. The lowest BCUT2D eigenvalue weighted by molar-refractivity contribution is -0.117. The van der Waals surface area contributed by atoms with E-state index in [4.69, 9.17) is 14.2 Å². The third-order valence-electron chi connectivity index (χ3n) is 7.12. The summed E-state index contributed by atoms with van der Waals surface area (Å²) in [5, 5.41) is 10.4. The van der Waals surface area contributed by atoms with Crippen LogP contribution in [0.15, 0.2) is 36.4 Å². The minimum absolute atomic E-state index is 0.0348. The van der Waals surface area contributed by atoms with Gasteiger partial charge in [0.05, 0.1) is 38.6 Å². The van der Waals surface area contributed by atoms with Gasteiger partial charge in [-0.25, -0.2) is 4.79 Å². The zero-order valence-corrected chi connectivity index (χ0v) is 23.1. The third-order valence-corrected chi connectivity index (χ3v) is 8.16. The van der Waals surface area contributed by atoms with Crippen molar-refractivity contribution in [1.29, 1.82) is 0 Å². The van der Waals surface area contributed by atoms with E-state index < -0.39 is 6.10 Å². The van der Waals surface area contributed by atoms with Gasteiger partial charge in [-0.05, 0) is 42.7 Å². The molecule has 1 aromatic carbocycles. The van der Waals surface area contributed by atoms with E-state index in [1.54, 1.807) is 6.07 Å². The fourth-order valence-electron chi connectivity index (χ4n) is 4.89. The Morgan fingerprint density at radius 3 is 2.71 bits per heavy atom. The van der Waals surface area contributed by atoms with E-state index in [0.29, 0.717) is 31.1 Å². The van der Waals surface area contributed by atoms with Crippen LogP contribution >= 0.6 is 11.3 Å². The molecular formula is C29H40N2O6S. The van der Waals surface area contributed by atoms with E-state index in [1.165, 1.54) is 11.3 Å². The van der Waals surface area contributed by atoms with Crippen LogP contribution in [0.4, 0.5) is 5.69 Å². The number of hydrogen-bond acceptors (Lipinski definition) is 8. The average Bonchev–Trinajstić information content (AvgIpc) is 3.56. The van der Waals surface area contributed by atoms with Gasteiger partial charge in [0, 0.05) is 36.6 Å². The molecule has 1 N–H and O–H groups in total. The van der Waals surface area contributed by atoms with Gasteiger partial charge in [-0.2, -0.15) is 0 Å². The Hall–Kier alpha value is -2.30. The molecule has 2 atom stereocenters. The number of thiophene rings is 1. The molecule has 0 unspecified atom stereocenters. The van der Waals surface area contributed by atoms with Gasteiger partial charge >= 0.3 is 5.97 Å². The van der Waals surface area contributed by atoms with Crippen LogP contribution < -0.4 is 4.90 Å². The molecule has 3 heterocycles. The number of aliphatic hydroxyl groups is 1. The quantitative estimate of drug-likeness (QED) is 0.275. The molecule has 2 aliphatic heterocycles. The van der Waals surface area contributed by atoms with Crippen molar-refractivity contribution in [3.05, 3.63) is 51.7 Å². The molecule has 0 radical (unpaired) electrons. The normalized spacial score (nSPS) is 19.2. The van der Waals surface area contributed by atoms with E-state index >= 15 is 0 Å². The van der Waals surface area contributed by atoms with E-state index in [2.05, 4.69) is 11.8 Å². The van der Waals surface area contributed by atoms with Crippen LogP contribution in [0.1, 0.15) is 71.7 Å². The van der Waals surface area contributed by atoms with Gasteiger partial charge < -0.3 is 24.2 Å². The number of amides is 1. The summed E-state index contributed by atoms with van der Waals surface area (Å²) >= 11 is 1.38. The van der Waals surface area contributed by atoms with Crippen LogP contribution in [0.25, 0.3) is 0 Å². The molecule has 38 heavy (non-hydrogen) atoms. The fourth-order valence-corrected chi connectivity index (χ4v) is 5.73. The Bertz CT molecular complexity index is 1020. The second kappa shape index (κ2) is 14.7. The van der Waals surface area contributed by atoms with E-state index in [-0.39, 0.29) is 17.9 Å². The number of esters is 1. The predicted octanol–water partition coefficient (Wildman–Crippen LogP) is 4.56. The molecule has 208 valence electrons. The molecule has 0 spiro atoms.